The maximum Gasteiger partial charge on any atom is 0.233 e. The van der Waals surface area contributed by atoms with Gasteiger partial charge in [0.25, 0.3) is 0 Å². The van der Waals surface area contributed by atoms with E-state index < -0.39 is 0 Å². The van der Waals surface area contributed by atoms with Gasteiger partial charge in [0.2, 0.25) is 11.8 Å². The van der Waals surface area contributed by atoms with Gasteiger partial charge in [-0.05, 0) is 29.8 Å². The van der Waals surface area contributed by atoms with Crippen molar-refractivity contribution in [2.45, 2.75) is 25.8 Å². The third kappa shape index (κ3) is 5.95. The number of thioether (sulfide) groups is 1. The van der Waals surface area contributed by atoms with Gasteiger partial charge in [-0.25, -0.2) is 0 Å². The fraction of sp³-hybridized carbons (Fsp3) is 0.263. The molecule has 0 fully saturated rings. The number of carbonyl (C=O) groups excluding carboxylic acids is 1. The first-order chi connectivity index (χ1) is 13.5. The van der Waals surface area contributed by atoms with E-state index in [1.54, 1.807) is 30.2 Å². The van der Waals surface area contributed by atoms with Crippen LogP contribution in [-0.4, -0.2) is 31.7 Å². The normalized spacial score (nSPS) is 10.8. The van der Waals surface area contributed by atoms with Crippen LogP contribution < -0.4 is 0 Å². The minimum Gasteiger partial charge on any atom is -0.340 e. The highest BCUT2D eigenvalue weighted by Crippen LogP contribution is 2.24. The fourth-order valence-corrected chi connectivity index (χ4v) is 3.58. The summed E-state index contributed by atoms with van der Waals surface area (Å²) in [5, 5.41) is 4.79. The van der Waals surface area contributed by atoms with E-state index in [9.17, 15) is 4.79 Å². The number of amides is 1. The van der Waals surface area contributed by atoms with Crippen molar-refractivity contribution in [3.05, 3.63) is 75.6 Å². The largest absolute Gasteiger partial charge is 0.340 e. The second-order valence-electron chi connectivity index (χ2n) is 6.04. The SMILES string of the molecule is Cc1nc(CSCC(=O)N(Cc2ccc(Cl)c(Cl)c2)Cc2ccccn2)no1. The molecule has 0 saturated carbocycles. The molecule has 0 atom stereocenters. The maximum atomic E-state index is 12.9. The Morgan fingerprint density at radius 3 is 2.71 bits per heavy atom. The number of benzene rings is 1. The van der Waals surface area contributed by atoms with Gasteiger partial charge in [-0.1, -0.05) is 40.5 Å². The topological polar surface area (TPSA) is 72.1 Å². The van der Waals surface area contributed by atoms with Gasteiger partial charge in [-0.2, -0.15) is 4.98 Å². The summed E-state index contributed by atoms with van der Waals surface area (Å²) in [6.45, 7) is 2.55. The van der Waals surface area contributed by atoms with Gasteiger partial charge in [0.05, 0.1) is 33.8 Å². The lowest BCUT2D eigenvalue weighted by Crippen LogP contribution is -2.32. The Morgan fingerprint density at radius 1 is 1.18 bits per heavy atom. The van der Waals surface area contributed by atoms with Gasteiger partial charge in [0.1, 0.15) is 0 Å². The molecule has 0 aliphatic heterocycles. The van der Waals surface area contributed by atoms with Crippen LogP contribution in [0.2, 0.25) is 10.0 Å². The van der Waals surface area contributed by atoms with Crippen LogP contribution in [-0.2, 0) is 23.6 Å². The second-order valence-corrected chi connectivity index (χ2v) is 7.84. The first-order valence-electron chi connectivity index (χ1n) is 8.50. The van der Waals surface area contributed by atoms with Crippen LogP contribution in [0, 0.1) is 6.92 Å². The number of pyridine rings is 1. The fourth-order valence-electron chi connectivity index (χ4n) is 2.50. The molecule has 0 unspecified atom stereocenters. The number of nitrogens with zero attached hydrogens (tertiary/aromatic N) is 4. The predicted molar refractivity (Wildman–Crippen MR) is 110 cm³/mol. The maximum absolute atomic E-state index is 12.9. The smallest absolute Gasteiger partial charge is 0.233 e. The highest BCUT2D eigenvalue weighted by Gasteiger charge is 2.16. The molecule has 1 amide bonds. The van der Waals surface area contributed by atoms with Crippen LogP contribution in [0.5, 0.6) is 0 Å². The third-order valence-electron chi connectivity index (χ3n) is 3.82. The molecule has 2 aromatic heterocycles. The van der Waals surface area contributed by atoms with E-state index in [4.69, 9.17) is 27.7 Å². The molecule has 0 N–H and O–H groups in total. The van der Waals surface area contributed by atoms with Crippen LogP contribution in [0.4, 0.5) is 0 Å². The van der Waals surface area contributed by atoms with Gasteiger partial charge >= 0.3 is 0 Å². The van der Waals surface area contributed by atoms with Crippen molar-refractivity contribution in [1.29, 1.82) is 0 Å². The number of aromatic nitrogens is 3. The summed E-state index contributed by atoms with van der Waals surface area (Å²) >= 11 is 13.5. The minimum absolute atomic E-state index is 0.0121. The van der Waals surface area contributed by atoms with Crippen molar-refractivity contribution in [3.63, 3.8) is 0 Å². The standard InChI is InChI=1S/C19H18Cl2N4O2S/c1-13-23-18(24-27-13)11-28-12-19(26)25(10-15-4-2-3-7-22-15)9-14-5-6-16(20)17(21)8-14/h2-8H,9-12H2,1H3. The lowest BCUT2D eigenvalue weighted by atomic mass is 10.2. The van der Waals surface area contributed by atoms with E-state index in [1.807, 2.05) is 24.3 Å². The zero-order valence-electron chi connectivity index (χ0n) is 15.1. The Labute approximate surface area is 177 Å². The molecule has 0 bridgehead atoms. The zero-order chi connectivity index (χ0) is 19.9. The first kappa shape index (κ1) is 20.6. The van der Waals surface area contributed by atoms with Crippen LogP contribution in [0.15, 0.2) is 47.1 Å². The first-order valence-corrected chi connectivity index (χ1v) is 10.4. The van der Waals surface area contributed by atoms with Crippen molar-refractivity contribution in [2.75, 3.05) is 5.75 Å². The molecular formula is C19H18Cl2N4O2S. The molecule has 9 heteroatoms. The van der Waals surface area contributed by atoms with Crippen molar-refractivity contribution in [2.24, 2.45) is 0 Å². The number of aryl methyl sites for hydroxylation is 1. The summed E-state index contributed by atoms with van der Waals surface area (Å²) in [4.78, 5) is 23.1. The number of rotatable bonds is 8. The highest BCUT2D eigenvalue weighted by molar-refractivity contribution is 7.99. The highest BCUT2D eigenvalue weighted by atomic mass is 35.5. The van der Waals surface area contributed by atoms with Gasteiger partial charge in [-0.3, -0.25) is 9.78 Å². The van der Waals surface area contributed by atoms with Crippen LogP contribution in [0.25, 0.3) is 0 Å². The van der Waals surface area contributed by atoms with Crippen molar-refractivity contribution in [1.82, 2.24) is 20.0 Å². The van der Waals surface area contributed by atoms with Crippen molar-refractivity contribution >= 4 is 40.9 Å². The van der Waals surface area contributed by atoms with E-state index in [2.05, 4.69) is 15.1 Å². The molecule has 0 aliphatic carbocycles. The van der Waals surface area contributed by atoms with Gasteiger partial charge in [-0.15, -0.1) is 11.8 Å². The molecule has 0 aliphatic rings. The molecule has 3 aromatic rings. The summed E-state index contributed by atoms with van der Waals surface area (Å²) in [5.74, 6) is 1.88. The quantitative estimate of drug-likeness (QED) is 0.515. The van der Waals surface area contributed by atoms with Gasteiger partial charge in [0, 0.05) is 19.7 Å². The summed E-state index contributed by atoms with van der Waals surface area (Å²) in [7, 11) is 0. The number of hydrogen-bond acceptors (Lipinski definition) is 6. The van der Waals surface area contributed by atoms with Crippen molar-refractivity contribution in [3.8, 4) is 0 Å². The minimum atomic E-state index is -0.0121. The average Bonchev–Trinajstić information content (AvgIpc) is 3.10. The van der Waals surface area contributed by atoms with Crippen LogP contribution in [0.1, 0.15) is 23.0 Å². The summed E-state index contributed by atoms with van der Waals surface area (Å²) < 4.78 is 4.95. The molecule has 0 radical (unpaired) electrons. The lowest BCUT2D eigenvalue weighted by Gasteiger charge is -2.22. The van der Waals surface area contributed by atoms with Crippen LogP contribution in [0.3, 0.4) is 0 Å². The predicted octanol–water partition coefficient (Wildman–Crippen LogP) is 4.54. The Morgan fingerprint density at radius 2 is 2.04 bits per heavy atom. The van der Waals surface area contributed by atoms with Gasteiger partial charge < -0.3 is 9.42 Å². The average molecular weight is 437 g/mol. The summed E-state index contributed by atoms with van der Waals surface area (Å²) in [5.41, 5.74) is 1.71. The molecule has 6 nitrogen and oxygen atoms in total. The molecule has 0 saturated heterocycles. The zero-order valence-corrected chi connectivity index (χ0v) is 17.5. The Balaban J connectivity index is 1.67. The summed E-state index contributed by atoms with van der Waals surface area (Å²) in [6, 6.07) is 11.0. The van der Waals surface area contributed by atoms with E-state index >= 15 is 0 Å². The third-order valence-corrected chi connectivity index (χ3v) is 5.47. The Bertz CT molecular complexity index is 937. The Kier molecular flexibility index (Phi) is 7.30. The molecule has 1 aromatic carbocycles. The molecule has 146 valence electrons. The molecule has 2 heterocycles. The number of carbonyl (C=O) groups is 1. The van der Waals surface area contributed by atoms with Crippen molar-refractivity contribution < 1.29 is 9.32 Å². The molecular weight excluding hydrogens is 419 g/mol. The van der Waals surface area contributed by atoms with Crippen LogP contribution >= 0.6 is 35.0 Å². The van der Waals surface area contributed by atoms with E-state index in [1.165, 1.54) is 11.8 Å². The molecule has 28 heavy (non-hydrogen) atoms. The monoisotopic (exact) mass is 436 g/mol. The molecule has 0 spiro atoms. The number of hydrogen-bond donors (Lipinski definition) is 0. The molecule has 3 rings (SSSR count). The summed E-state index contributed by atoms with van der Waals surface area (Å²) in [6.07, 6.45) is 1.71. The number of halogens is 2. The van der Waals surface area contributed by atoms with E-state index in [-0.39, 0.29) is 5.91 Å². The lowest BCUT2D eigenvalue weighted by molar-refractivity contribution is -0.129. The Hall–Kier alpha value is -2.09. The van der Waals surface area contributed by atoms with E-state index in [0.29, 0.717) is 46.4 Å². The van der Waals surface area contributed by atoms with E-state index in [0.717, 1.165) is 11.3 Å². The van der Waals surface area contributed by atoms with Gasteiger partial charge in [0.15, 0.2) is 5.82 Å². The second kappa shape index (κ2) is 9.91.